The van der Waals surface area contributed by atoms with Gasteiger partial charge in [-0.25, -0.2) is 0 Å². The van der Waals surface area contributed by atoms with E-state index in [4.69, 9.17) is 0 Å². The normalized spacial score (nSPS) is 14.0. The monoisotopic (exact) mass is 277 g/mol. The number of benzene rings is 2. The van der Waals surface area contributed by atoms with Crippen LogP contribution in [0.15, 0.2) is 54.2 Å². The number of rotatable bonds is 3. The Labute approximate surface area is 125 Å². The minimum Gasteiger partial charge on any atom is -0.378 e. The van der Waals surface area contributed by atoms with E-state index in [1.807, 2.05) is 32.3 Å². The van der Waals surface area contributed by atoms with Crippen molar-refractivity contribution >= 4 is 22.1 Å². The van der Waals surface area contributed by atoms with Gasteiger partial charge >= 0.3 is 0 Å². The molecule has 1 aliphatic carbocycles. The van der Waals surface area contributed by atoms with E-state index in [9.17, 15) is 4.79 Å². The fourth-order valence-corrected chi connectivity index (χ4v) is 2.93. The Morgan fingerprint density at radius 2 is 1.86 bits per heavy atom. The van der Waals surface area contributed by atoms with Gasteiger partial charge in [0.2, 0.25) is 0 Å². The molecule has 2 nitrogen and oxygen atoms in total. The molecule has 2 aromatic carbocycles. The maximum atomic E-state index is 12.2. The lowest BCUT2D eigenvalue weighted by atomic mass is 9.91. The molecule has 0 spiro atoms. The molecule has 0 unspecified atom stereocenters. The first-order valence-electron chi connectivity index (χ1n) is 7.19. The van der Waals surface area contributed by atoms with Crippen LogP contribution in [0.25, 0.3) is 16.3 Å². The lowest BCUT2D eigenvalue weighted by molar-refractivity contribution is 0.101. The fraction of sp³-hybridized carbons (Fsp3) is 0.211. The van der Waals surface area contributed by atoms with E-state index in [-0.39, 0.29) is 5.78 Å². The zero-order valence-corrected chi connectivity index (χ0v) is 12.7. The van der Waals surface area contributed by atoms with Crippen LogP contribution < -0.4 is 0 Å². The Morgan fingerprint density at radius 1 is 1.10 bits per heavy atom. The summed E-state index contributed by atoms with van der Waals surface area (Å²) in [5.41, 5.74) is 4.32. The maximum absolute atomic E-state index is 12.2. The number of Topliss-reactive ketones (excluding diaryl/α,β-unsaturated/α-hetero) is 1. The summed E-state index contributed by atoms with van der Waals surface area (Å²) >= 11 is 0. The largest absolute Gasteiger partial charge is 0.378 e. The van der Waals surface area contributed by atoms with Gasteiger partial charge in [0.15, 0.2) is 5.78 Å². The SMILES string of the molecule is CC(=O)c1c(C2=CC(N(C)C)=CC2)ccc2ccccc12. The third-order valence-electron chi connectivity index (χ3n) is 4.00. The predicted molar refractivity (Wildman–Crippen MR) is 88.3 cm³/mol. The molecule has 2 aromatic rings. The molecule has 0 bridgehead atoms. The number of ketones is 1. The van der Waals surface area contributed by atoms with Gasteiger partial charge < -0.3 is 4.90 Å². The van der Waals surface area contributed by atoms with Crippen molar-refractivity contribution in [2.24, 2.45) is 0 Å². The minimum absolute atomic E-state index is 0.126. The van der Waals surface area contributed by atoms with Crippen LogP contribution >= 0.6 is 0 Å². The van der Waals surface area contributed by atoms with Crippen LogP contribution in [0, 0.1) is 0 Å². The molecule has 0 fully saturated rings. The van der Waals surface area contributed by atoms with E-state index < -0.39 is 0 Å². The van der Waals surface area contributed by atoms with Crippen LogP contribution in [0.3, 0.4) is 0 Å². The molecule has 0 radical (unpaired) electrons. The molecule has 3 rings (SSSR count). The molecule has 2 heteroatoms. The molecule has 0 aromatic heterocycles. The van der Waals surface area contributed by atoms with Gasteiger partial charge in [-0.2, -0.15) is 0 Å². The van der Waals surface area contributed by atoms with Crippen molar-refractivity contribution in [3.8, 4) is 0 Å². The second kappa shape index (κ2) is 5.21. The molecule has 21 heavy (non-hydrogen) atoms. The summed E-state index contributed by atoms with van der Waals surface area (Å²) in [6.07, 6.45) is 5.26. The Hall–Kier alpha value is -2.35. The van der Waals surface area contributed by atoms with Crippen molar-refractivity contribution in [2.45, 2.75) is 13.3 Å². The highest BCUT2D eigenvalue weighted by molar-refractivity contribution is 6.11. The topological polar surface area (TPSA) is 20.3 Å². The van der Waals surface area contributed by atoms with Crippen LogP contribution in [-0.4, -0.2) is 24.8 Å². The lowest BCUT2D eigenvalue weighted by Crippen LogP contribution is -2.07. The number of fused-ring (bicyclic) bond motifs is 1. The van der Waals surface area contributed by atoms with Gasteiger partial charge in [0, 0.05) is 25.4 Å². The average Bonchev–Trinajstić information content (AvgIpc) is 2.95. The van der Waals surface area contributed by atoms with Gasteiger partial charge in [0.05, 0.1) is 0 Å². The molecule has 0 aliphatic heterocycles. The van der Waals surface area contributed by atoms with Crippen molar-refractivity contribution in [3.05, 3.63) is 65.4 Å². The summed E-state index contributed by atoms with van der Waals surface area (Å²) in [5.74, 6) is 0.126. The van der Waals surface area contributed by atoms with Crippen LogP contribution in [-0.2, 0) is 0 Å². The van der Waals surface area contributed by atoms with Gasteiger partial charge in [-0.1, -0.05) is 42.5 Å². The smallest absolute Gasteiger partial charge is 0.161 e. The van der Waals surface area contributed by atoms with Gasteiger partial charge in [-0.05, 0) is 41.3 Å². The molecule has 0 saturated carbocycles. The minimum atomic E-state index is 0.126. The van der Waals surface area contributed by atoms with Gasteiger partial charge in [-0.15, -0.1) is 0 Å². The number of allylic oxidation sites excluding steroid dienone is 3. The van der Waals surface area contributed by atoms with Crippen molar-refractivity contribution in [1.82, 2.24) is 4.90 Å². The standard InChI is InChI=1S/C19H19NO/c1-13(21)19-17-7-5-4-6-14(17)9-11-18(19)15-8-10-16(12-15)20(2)3/h4-7,9-12H,8H2,1-3H3. The zero-order valence-electron chi connectivity index (χ0n) is 12.7. The molecule has 0 heterocycles. The molecule has 0 amide bonds. The second-order valence-corrected chi connectivity index (χ2v) is 5.66. The highest BCUT2D eigenvalue weighted by atomic mass is 16.1. The third-order valence-corrected chi connectivity index (χ3v) is 4.00. The number of nitrogens with zero attached hydrogens (tertiary/aromatic N) is 1. The van der Waals surface area contributed by atoms with E-state index in [1.54, 1.807) is 6.92 Å². The number of carbonyl (C=O) groups excluding carboxylic acids is 1. The van der Waals surface area contributed by atoms with Gasteiger partial charge in [-0.3, -0.25) is 4.79 Å². The summed E-state index contributed by atoms with van der Waals surface area (Å²) < 4.78 is 0. The molecule has 0 atom stereocenters. The van der Waals surface area contributed by atoms with Crippen molar-refractivity contribution in [3.63, 3.8) is 0 Å². The van der Waals surface area contributed by atoms with Crippen LogP contribution in [0.5, 0.6) is 0 Å². The van der Waals surface area contributed by atoms with E-state index >= 15 is 0 Å². The molecular weight excluding hydrogens is 258 g/mol. The maximum Gasteiger partial charge on any atom is 0.161 e. The molecule has 106 valence electrons. The summed E-state index contributed by atoms with van der Waals surface area (Å²) in [6.45, 7) is 1.65. The first kappa shape index (κ1) is 13.6. The van der Waals surface area contributed by atoms with Crippen LogP contribution in [0.2, 0.25) is 0 Å². The van der Waals surface area contributed by atoms with Crippen molar-refractivity contribution in [2.75, 3.05) is 14.1 Å². The quantitative estimate of drug-likeness (QED) is 0.781. The Balaban J connectivity index is 2.18. The van der Waals surface area contributed by atoms with E-state index in [1.165, 1.54) is 11.3 Å². The lowest BCUT2D eigenvalue weighted by Gasteiger charge is -2.13. The fourth-order valence-electron chi connectivity index (χ4n) is 2.93. The predicted octanol–water partition coefficient (Wildman–Crippen LogP) is 4.28. The first-order valence-corrected chi connectivity index (χ1v) is 7.19. The Morgan fingerprint density at radius 3 is 2.52 bits per heavy atom. The van der Waals surface area contributed by atoms with Crippen molar-refractivity contribution in [1.29, 1.82) is 0 Å². The summed E-state index contributed by atoms with van der Waals surface area (Å²) in [7, 11) is 4.08. The molecule has 0 N–H and O–H groups in total. The first-order chi connectivity index (χ1) is 10.1. The number of hydrogen-bond acceptors (Lipinski definition) is 2. The third kappa shape index (κ3) is 2.38. The molecule has 1 aliphatic rings. The average molecular weight is 277 g/mol. The Kier molecular flexibility index (Phi) is 3.38. The van der Waals surface area contributed by atoms with E-state index in [2.05, 4.69) is 35.3 Å². The highest BCUT2D eigenvalue weighted by Crippen LogP contribution is 2.33. The van der Waals surface area contributed by atoms with Crippen molar-refractivity contribution < 1.29 is 4.79 Å². The second-order valence-electron chi connectivity index (χ2n) is 5.66. The summed E-state index contributed by atoms with van der Waals surface area (Å²) in [4.78, 5) is 14.3. The van der Waals surface area contributed by atoms with Crippen LogP contribution in [0.1, 0.15) is 29.3 Å². The van der Waals surface area contributed by atoms with E-state index in [0.717, 1.165) is 28.3 Å². The van der Waals surface area contributed by atoms with Crippen LogP contribution in [0.4, 0.5) is 0 Å². The Bertz CT molecular complexity index is 781. The molecular formula is C19H19NO. The summed E-state index contributed by atoms with van der Waals surface area (Å²) in [5, 5.41) is 2.16. The molecule has 0 saturated heterocycles. The highest BCUT2D eigenvalue weighted by Gasteiger charge is 2.17. The number of likely N-dealkylation sites (N-methyl/N-ethyl adjacent to an activating group) is 1. The number of carbonyl (C=O) groups is 1. The van der Waals surface area contributed by atoms with Gasteiger partial charge in [0.25, 0.3) is 0 Å². The van der Waals surface area contributed by atoms with E-state index in [0.29, 0.717) is 0 Å². The van der Waals surface area contributed by atoms with Gasteiger partial charge in [0.1, 0.15) is 0 Å². The number of hydrogen-bond donors (Lipinski definition) is 0. The summed E-state index contributed by atoms with van der Waals surface area (Å²) in [6, 6.07) is 12.3. The zero-order chi connectivity index (χ0) is 15.0.